The van der Waals surface area contributed by atoms with Crippen LogP contribution in [0.1, 0.15) is 36.0 Å². The highest BCUT2D eigenvalue weighted by Gasteiger charge is 2.29. The molecule has 2 N–H and O–H groups in total. The molecule has 9 heteroatoms. The largest absolute Gasteiger partial charge is 0.492 e. The third-order valence-electron chi connectivity index (χ3n) is 7.31. The Morgan fingerprint density at radius 3 is 2.19 bits per heavy atom. The van der Waals surface area contributed by atoms with Gasteiger partial charge in [-0.25, -0.2) is 4.79 Å². The zero-order valence-electron chi connectivity index (χ0n) is 23.3. The number of amides is 2. The average molecular weight is 578 g/mol. The SMILES string of the molecule is O=C(NCc1ccc(C(F)(F)F)cc1)Nc1ccc(OCc2ccc(OCCN3CCCCC3)cc2)c2ccccc12. The monoisotopic (exact) mass is 577 g/mol. The number of hydrogen-bond acceptors (Lipinski definition) is 4. The Balaban J connectivity index is 1.14. The topological polar surface area (TPSA) is 62.8 Å². The predicted octanol–water partition coefficient (Wildman–Crippen LogP) is 7.62. The number of rotatable bonds is 10. The van der Waals surface area contributed by atoms with E-state index in [-0.39, 0.29) is 6.54 Å². The van der Waals surface area contributed by atoms with Gasteiger partial charge in [0.1, 0.15) is 24.7 Å². The zero-order chi connectivity index (χ0) is 29.4. The highest BCUT2D eigenvalue weighted by atomic mass is 19.4. The summed E-state index contributed by atoms with van der Waals surface area (Å²) in [7, 11) is 0. The molecule has 1 heterocycles. The van der Waals surface area contributed by atoms with Crippen molar-refractivity contribution in [3.05, 3.63) is 102 Å². The number of nitrogens with zero attached hydrogens (tertiary/aromatic N) is 1. The number of nitrogens with one attached hydrogen (secondary N) is 2. The van der Waals surface area contributed by atoms with Crippen LogP contribution in [0.5, 0.6) is 11.5 Å². The first-order valence-corrected chi connectivity index (χ1v) is 14.1. The van der Waals surface area contributed by atoms with Crippen LogP contribution in [-0.4, -0.2) is 37.2 Å². The molecular weight excluding hydrogens is 543 g/mol. The average Bonchev–Trinajstić information content (AvgIpc) is 3.00. The van der Waals surface area contributed by atoms with E-state index in [1.165, 1.54) is 31.4 Å². The quantitative estimate of drug-likeness (QED) is 0.204. The van der Waals surface area contributed by atoms with Crippen molar-refractivity contribution in [2.24, 2.45) is 0 Å². The van der Waals surface area contributed by atoms with E-state index in [9.17, 15) is 18.0 Å². The molecule has 4 aromatic carbocycles. The number of piperidine rings is 1. The van der Waals surface area contributed by atoms with Gasteiger partial charge in [-0.2, -0.15) is 13.2 Å². The minimum absolute atomic E-state index is 0.0887. The standard InChI is InChI=1S/C33H34F3N3O3/c34-33(35,36)26-12-8-24(9-13-26)22-37-32(40)38-30-16-17-31(29-7-3-2-6-28(29)30)42-23-25-10-14-27(15-11-25)41-21-20-39-18-4-1-5-19-39/h2-3,6-17H,1,4-5,18-23H2,(H2,37,38,40). The van der Waals surface area contributed by atoms with Crippen LogP contribution in [0.4, 0.5) is 23.7 Å². The van der Waals surface area contributed by atoms with E-state index in [4.69, 9.17) is 9.47 Å². The smallest absolute Gasteiger partial charge is 0.416 e. The number of benzene rings is 4. The number of anilines is 1. The van der Waals surface area contributed by atoms with Crippen molar-refractivity contribution in [1.82, 2.24) is 10.2 Å². The van der Waals surface area contributed by atoms with Crippen LogP contribution in [-0.2, 0) is 19.3 Å². The third kappa shape index (κ3) is 7.94. The Labute approximate surface area is 243 Å². The maximum Gasteiger partial charge on any atom is 0.416 e. The lowest BCUT2D eigenvalue weighted by molar-refractivity contribution is -0.137. The van der Waals surface area contributed by atoms with Crippen LogP contribution in [0.25, 0.3) is 10.8 Å². The molecule has 42 heavy (non-hydrogen) atoms. The molecule has 1 aliphatic rings. The highest BCUT2D eigenvalue weighted by molar-refractivity contribution is 6.03. The first-order chi connectivity index (χ1) is 20.3. The van der Waals surface area contributed by atoms with Gasteiger partial charge in [0, 0.05) is 23.9 Å². The van der Waals surface area contributed by atoms with Crippen LogP contribution in [0, 0.1) is 0 Å². The molecule has 0 unspecified atom stereocenters. The lowest BCUT2D eigenvalue weighted by Crippen LogP contribution is -2.33. The maximum atomic E-state index is 12.8. The lowest BCUT2D eigenvalue weighted by atomic mass is 10.1. The Morgan fingerprint density at radius 1 is 0.786 bits per heavy atom. The van der Waals surface area contributed by atoms with Crippen LogP contribution in [0.3, 0.4) is 0 Å². The summed E-state index contributed by atoms with van der Waals surface area (Å²) in [5, 5.41) is 7.17. The summed E-state index contributed by atoms with van der Waals surface area (Å²) < 4.78 is 50.4. The van der Waals surface area contributed by atoms with Gasteiger partial charge in [-0.05, 0) is 73.5 Å². The number of carbonyl (C=O) groups excluding carboxylic acids is 1. The molecule has 0 aliphatic carbocycles. The maximum absolute atomic E-state index is 12.8. The Kier molecular flexibility index (Phi) is 9.48. The molecule has 0 spiro atoms. The van der Waals surface area contributed by atoms with Crippen molar-refractivity contribution in [2.75, 3.05) is 31.6 Å². The van der Waals surface area contributed by atoms with Crippen molar-refractivity contribution in [3.8, 4) is 11.5 Å². The normalized spacial score (nSPS) is 14.0. The van der Waals surface area contributed by atoms with E-state index < -0.39 is 17.8 Å². The summed E-state index contributed by atoms with van der Waals surface area (Å²) in [5.74, 6) is 1.52. The number of carbonyl (C=O) groups is 1. The van der Waals surface area contributed by atoms with E-state index in [1.54, 1.807) is 6.07 Å². The third-order valence-corrected chi connectivity index (χ3v) is 7.31. The van der Waals surface area contributed by atoms with Gasteiger partial charge in [-0.3, -0.25) is 4.90 Å². The van der Waals surface area contributed by atoms with Gasteiger partial charge in [-0.1, -0.05) is 55.0 Å². The van der Waals surface area contributed by atoms with E-state index in [0.29, 0.717) is 30.2 Å². The van der Waals surface area contributed by atoms with E-state index in [1.807, 2.05) is 54.6 Å². The first kappa shape index (κ1) is 29.3. The molecule has 4 aromatic rings. The number of halogens is 3. The molecule has 0 radical (unpaired) electrons. The van der Waals surface area contributed by atoms with E-state index in [0.717, 1.165) is 53.9 Å². The molecule has 0 bridgehead atoms. The molecule has 2 amide bonds. The van der Waals surface area contributed by atoms with Crippen LogP contribution >= 0.6 is 0 Å². The van der Waals surface area contributed by atoms with Crippen LogP contribution < -0.4 is 20.1 Å². The van der Waals surface area contributed by atoms with Crippen LogP contribution in [0.15, 0.2) is 84.9 Å². The molecule has 0 atom stereocenters. The zero-order valence-corrected chi connectivity index (χ0v) is 23.3. The summed E-state index contributed by atoms with van der Waals surface area (Å²) in [6.07, 6.45) is -0.529. The highest BCUT2D eigenvalue weighted by Crippen LogP contribution is 2.32. The van der Waals surface area contributed by atoms with Crippen molar-refractivity contribution < 1.29 is 27.4 Å². The van der Waals surface area contributed by atoms with Crippen molar-refractivity contribution in [3.63, 3.8) is 0 Å². The second-order valence-corrected chi connectivity index (χ2v) is 10.3. The molecule has 1 fully saturated rings. The summed E-state index contributed by atoms with van der Waals surface area (Å²) >= 11 is 0. The molecule has 1 aliphatic heterocycles. The van der Waals surface area contributed by atoms with E-state index >= 15 is 0 Å². The number of alkyl halides is 3. The fourth-order valence-corrected chi connectivity index (χ4v) is 4.99. The summed E-state index contributed by atoms with van der Waals surface area (Å²) in [4.78, 5) is 15.0. The molecule has 220 valence electrons. The minimum Gasteiger partial charge on any atom is -0.492 e. The number of hydrogen-bond donors (Lipinski definition) is 2. The Hall–Kier alpha value is -4.24. The van der Waals surface area contributed by atoms with Crippen molar-refractivity contribution in [2.45, 2.75) is 38.6 Å². The van der Waals surface area contributed by atoms with Gasteiger partial charge in [-0.15, -0.1) is 0 Å². The second kappa shape index (κ2) is 13.6. The predicted molar refractivity (Wildman–Crippen MR) is 158 cm³/mol. The minimum atomic E-state index is -4.40. The molecular formula is C33H34F3N3O3. The van der Waals surface area contributed by atoms with Gasteiger partial charge >= 0.3 is 12.2 Å². The molecule has 0 aromatic heterocycles. The molecule has 0 saturated carbocycles. The summed E-state index contributed by atoms with van der Waals surface area (Å²) in [5.41, 5.74) is 1.43. The summed E-state index contributed by atoms with van der Waals surface area (Å²) in [6.45, 7) is 4.40. The molecule has 1 saturated heterocycles. The number of ether oxygens (including phenoxy) is 2. The fraction of sp³-hybridized carbons (Fsp3) is 0.303. The van der Waals surface area contributed by atoms with Gasteiger partial charge in [0.2, 0.25) is 0 Å². The van der Waals surface area contributed by atoms with Gasteiger partial charge in [0.15, 0.2) is 0 Å². The summed E-state index contributed by atoms with van der Waals surface area (Å²) in [6, 6.07) is 23.3. The number of likely N-dealkylation sites (tertiary alicyclic amines) is 1. The molecule has 6 nitrogen and oxygen atoms in total. The lowest BCUT2D eigenvalue weighted by Gasteiger charge is -2.26. The van der Waals surface area contributed by atoms with Crippen molar-refractivity contribution >= 4 is 22.5 Å². The first-order valence-electron chi connectivity index (χ1n) is 14.1. The van der Waals surface area contributed by atoms with Gasteiger partial charge < -0.3 is 20.1 Å². The Bertz CT molecular complexity index is 1470. The number of urea groups is 1. The van der Waals surface area contributed by atoms with Crippen molar-refractivity contribution in [1.29, 1.82) is 0 Å². The number of fused-ring (bicyclic) bond motifs is 1. The molecule has 5 rings (SSSR count). The van der Waals surface area contributed by atoms with Crippen LogP contribution in [0.2, 0.25) is 0 Å². The van der Waals surface area contributed by atoms with E-state index in [2.05, 4.69) is 15.5 Å². The second-order valence-electron chi connectivity index (χ2n) is 10.3. The van der Waals surface area contributed by atoms with Gasteiger partial charge in [0.05, 0.1) is 11.3 Å². The fourth-order valence-electron chi connectivity index (χ4n) is 4.99. The van der Waals surface area contributed by atoms with Gasteiger partial charge in [0.25, 0.3) is 0 Å². The Morgan fingerprint density at radius 2 is 1.48 bits per heavy atom.